The Bertz CT molecular complexity index is 637. The van der Waals surface area contributed by atoms with Gasteiger partial charge in [-0.1, -0.05) is 0 Å². The van der Waals surface area contributed by atoms with Crippen LogP contribution in [0.5, 0.6) is 5.75 Å². The fraction of sp³-hybridized carbons (Fsp3) is 0.412. The van der Waals surface area contributed by atoms with Gasteiger partial charge in [0.1, 0.15) is 11.3 Å². The SMILES string of the molecule is CCN(CC)c1ccc(C=C2C(=O)OC(C)(C)OC2=O)c(O)c1. The molecule has 124 valence electrons. The van der Waals surface area contributed by atoms with Crippen molar-refractivity contribution in [3.05, 3.63) is 29.3 Å². The maximum atomic E-state index is 11.9. The second-order valence-corrected chi connectivity index (χ2v) is 5.65. The van der Waals surface area contributed by atoms with Crippen molar-refractivity contribution in [1.82, 2.24) is 0 Å². The third-order valence-corrected chi connectivity index (χ3v) is 3.56. The van der Waals surface area contributed by atoms with Gasteiger partial charge in [0.15, 0.2) is 0 Å². The zero-order chi connectivity index (χ0) is 17.2. The Balaban J connectivity index is 2.33. The van der Waals surface area contributed by atoms with Gasteiger partial charge in [0.05, 0.1) is 0 Å². The maximum absolute atomic E-state index is 11.9. The number of carbonyl (C=O) groups is 2. The van der Waals surface area contributed by atoms with E-state index in [9.17, 15) is 14.7 Å². The summed E-state index contributed by atoms with van der Waals surface area (Å²) in [6.07, 6.45) is 1.28. The van der Waals surface area contributed by atoms with E-state index in [1.165, 1.54) is 19.9 Å². The average Bonchev–Trinajstić information content (AvgIpc) is 2.45. The lowest BCUT2D eigenvalue weighted by Gasteiger charge is -2.29. The van der Waals surface area contributed by atoms with Gasteiger partial charge in [-0.15, -0.1) is 0 Å². The zero-order valence-corrected chi connectivity index (χ0v) is 13.8. The number of hydrogen-bond donors (Lipinski definition) is 1. The van der Waals surface area contributed by atoms with Crippen LogP contribution in [0.1, 0.15) is 33.3 Å². The highest BCUT2D eigenvalue weighted by Crippen LogP contribution is 2.29. The number of esters is 2. The highest BCUT2D eigenvalue weighted by atomic mass is 16.7. The van der Waals surface area contributed by atoms with E-state index >= 15 is 0 Å². The summed E-state index contributed by atoms with van der Waals surface area (Å²) in [7, 11) is 0. The molecule has 1 aromatic carbocycles. The first-order valence-corrected chi connectivity index (χ1v) is 7.53. The molecule has 1 aliphatic heterocycles. The minimum atomic E-state index is -1.28. The number of aromatic hydroxyl groups is 1. The van der Waals surface area contributed by atoms with E-state index in [2.05, 4.69) is 4.90 Å². The Morgan fingerprint density at radius 2 is 1.70 bits per heavy atom. The topological polar surface area (TPSA) is 76.1 Å². The minimum Gasteiger partial charge on any atom is -0.507 e. The number of nitrogens with zero attached hydrogens (tertiary/aromatic N) is 1. The largest absolute Gasteiger partial charge is 0.507 e. The summed E-state index contributed by atoms with van der Waals surface area (Å²) in [5.74, 6) is -2.83. The van der Waals surface area contributed by atoms with Crippen molar-refractivity contribution in [2.75, 3.05) is 18.0 Å². The number of hydrogen-bond acceptors (Lipinski definition) is 6. The number of phenolic OH excluding ortho intramolecular Hbond substituents is 1. The van der Waals surface area contributed by atoms with Gasteiger partial charge in [-0.2, -0.15) is 0 Å². The van der Waals surface area contributed by atoms with E-state index in [4.69, 9.17) is 9.47 Å². The molecular weight excluding hydrogens is 298 g/mol. The third kappa shape index (κ3) is 3.64. The second-order valence-electron chi connectivity index (χ2n) is 5.65. The minimum absolute atomic E-state index is 0.0210. The quantitative estimate of drug-likeness (QED) is 0.522. The van der Waals surface area contributed by atoms with Crippen LogP contribution in [-0.2, 0) is 19.1 Å². The Hall–Kier alpha value is -2.50. The Labute approximate surface area is 135 Å². The highest BCUT2D eigenvalue weighted by Gasteiger charge is 2.38. The van der Waals surface area contributed by atoms with Crippen molar-refractivity contribution in [1.29, 1.82) is 0 Å². The number of carbonyl (C=O) groups excluding carboxylic acids is 2. The van der Waals surface area contributed by atoms with Gasteiger partial charge in [-0.3, -0.25) is 0 Å². The van der Waals surface area contributed by atoms with Gasteiger partial charge < -0.3 is 19.5 Å². The summed E-state index contributed by atoms with van der Waals surface area (Å²) in [4.78, 5) is 25.9. The molecule has 23 heavy (non-hydrogen) atoms. The lowest BCUT2D eigenvalue weighted by atomic mass is 10.1. The molecule has 0 saturated carbocycles. The highest BCUT2D eigenvalue weighted by molar-refractivity contribution is 6.19. The normalized spacial score (nSPS) is 16.6. The van der Waals surface area contributed by atoms with Crippen molar-refractivity contribution in [2.24, 2.45) is 0 Å². The third-order valence-electron chi connectivity index (χ3n) is 3.56. The molecule has 1 aromatic rings. The van der Waals surface area contributed by atoms with Crippen molar-refractivity contribution in [2.45, 2.75) is 33.5 Å². The molecular formula is C17H21NO5. The molecule has 1 N–H and O–H groups in total. The molecule has 1 saturated heterocycles. The second kappa shape index (κ2) is 6.32. The lowest BCUT2D eigenvalue weighted by molar-refractivity contribution is -0.222. The molecule has 0 aliphatic carbocycles. The summed E-state index contributed by atoms with van der Waals surface area (Å²) in [5, 5.41) is 10.2. The predicted octanol–water partition coefficient (Wildman–Crippen LogP) is 2.46. The van der Waals surface area contributed by atoms with Crippen LogP contribution in [0.15, 0.2) is 23.8 Å². The van der Waals surface area contributed by atoms with Gasteiger partial charge in [-0.05, 0) is 32.1 Å². The lowest BCUT2D eigenvalue weighted by Crippen LogP contribution is -2.41. The smallest absolute Gasteiger partial charge is 0.348 e. The van der Waals surface area contributed by atoms with E-state index in [0.29, 0.717) is 5.56 Å². The molecule has 0 aromatic heterocycles. The van der Waals surface area contributed by atoms with Crippen molar-refractivity contribution < 1.29 is 24.2 Å². The van der Waals surface area contributed by atoms with E-state index in [0.717, 1.165) is 18.8 Å². The van der Waals surface area contributed by atoms with E-state index < -0.39 is 17.7 Å². The summed E-state index contributed by atoms with van der Waals surface area (Å²) < 4.78 is 10.1. The molecule has 0 bridgehead atoms. The summed E-state index contributed by atoms with van der Waals surface area (Å²) in [5.41, 5.74) is 0.976. The number of rotatable bonds is 4. The van der Waals surface area contributed by atoms with Crippen molar-refractivity contribution in [3.63, 3.8) is 0 Å². The number of anilines is 1. The van der Waals surface area contributed by atoms with Crippen LogP contribution < -0.4 is 4.90 Å². The number of cyclic esters (lactones) is 2. The van der Waals surface area contributed by atoms with Gasteiger partial charge in [0, 0.05) is 44.3 Å². The summed E-state index contributed by atoms with van der Waals surface area (Å²) in [6, 6.07) is 5.07. The van der Waals surface area contributed by atoms with E-state index in [-0.39, 0.29) is 11.3 Å². The zero-order valence-electron chi connectivity index (χ0n) is 13.8. The number of ether oxygens (including phenoxy) is 2. The van der Waals surface area contributed by atoms with Gasteiger partial charge in [0.2, 0.25) is 0 Å². The predicted molar refractivity (Wildman–Crippen MR) is 85.9 cm³/mol. The Morgan fingerprint density at radius 3 is 2.17 bits per heavy atom. The first-order chi connectivity index (χ1) is 10.8. The van der Waals surface area contributed by atoms with Crippen LogP contribution in [-0.4, -0.2) is 35.9 Å². The van der Waals surface area contributed by atoms with E-state index in [1.54, 1.807) is 12.1 Å². The number of phenols is 1. The van der Waals surface area contributed by atoms with Crippen LogP contribution in [0, 0.1) is 0 Å². The molecule has 0 spiro atoms. The molecule has 1 aliphatic rings. The molecule has 0 atom stereocenters. The Kier molecular flexibility index (Phi) is 4.63. The summed E-state index contributed by atoms with van der Waals surface area (Å²) >= 11 is 0. The fourth-order valence-electron chi connectivity index (χ4n) is 2.37. The standard InChI is InChI=1S/C17H21NO5/c1-5-18(6-2)12-8-7-11(14(19)10-12)9-13-15(20)22-17(3,4)23-16(13)21/h7-10,19H,5-6H2,1-4H3. The van der Waals surface area contributed by atoms with Gasteiger partial charge >= 0.3 is 11.9 Å². The Morgan fingerprint density at radius 1 is 1.13 bits per heavy atom. The molecule has 1 fully saturated rings. The molecule has 0 unspecified atom stereocenters. The van der Waals surface area contributed by atoms with Crippen LogP contribution in [0.4, 0.5) is 5.69 Å². The molecule has 6 heteroatoms. The molecule has 0 amide bonds. The van der Waals surface area contributed by atoms with Crippen LogP contribution >= 0.6 is 0 Å². The molecule has 2 rings (SSSR count). The van der Waals surface area contributed by atoms with Crippen LogP contribution in [0.25, 0.3) is 6.08 Å². The average molecular weight is 319 g/mol. The maximum Gasteiger partial charge on any atom is 0.348 e. The van der Waals surface area contributed by atoms with E-state index in [1.807, 2.05) is 19.9 Å². The molecule has 6 nitrogen and oxygen atoms in total. The van der Waals surface area contributed by atoms with Crippen molar-refractivity contribution >= 4 is 23.7 Å². The van der Waals surface area contributed by atoms with Crippen LogP contribution in [0.3, 0.4) is 0 Å². The number of benzene rings is 1. The molecule has 0 radical (unpaired) electrons. The van der Waals surface area contributed by atoms with Gasteiger partial charge in [0.25, 0.3) is 5.79 Å². The van der Waals surface area contributed by atoms with Gasteiger partial charge in [-0.25, -0.2) is 9.59 Å². The first-order valence-electron chi connectivity index (χ1n) is 7.53. The van der Waals surface area contributed by atoms with Crippen molar-refractivity contribution in [3.8, 4) is 5.75 Å². The summed E-state index contributed by atoms with van der Waals surface area (Å²) in [6.45, 7) is 8.62. The fourth-order valence-corrected chi connectivity index (χ4v) is 2.37. The monoisotopic (exact) mass is 319 g/mol. The van der Waals surface area contributed by atoms with Crippen LogP contribution in [0.2, 0.25) is 0 Å². The first kappa shape index (κ1) is 16.9. The molecule has 1 heterocycles.